The van der Waals surface area contributed by atoms with E-state index in [2.05, 4.69) is 18.9 Å². The molecule has 0 saturated carbocycles. The summed E-state index contributed by atoms with van der Waals surface area (Å²) in [5.74, 6) is -1.13. The Morgan fingerprint density at radius 1 is 1.06 bits per heavy atom. The van der Waals surface area contributed by atoms with Gasteiger partial charge in [-0.15, -0.1) is 0 Å². The van der Waals surface area contributed by atoms with Crippen LogP contribution in [0.15, 0.2) is 30.3 Å². The van der Waals surface area contributed by atoms with Gasteiger partial charge in [0.2, 0.25) is 0 Å². The lowest BCUT2D eigenvalue weighted by Crippen LogP contribution is -2.48. The van der Waals surface area contributed by atoms with Gasteiger partial charge in [-0.05, 0) is 19.0 Å². The molecule has 0 radical (unpaired) electrons. The highest BCUT2D eigenvalue weighted by Gasteiger charge is 2.62. The molecule has 3 heterocycles. The molecule has 6 nitrogen and oxygen atoms in total. The summed E-state index contributed by atoms with van der Waals surface area (Å²) in [6.07, 6.45) is 7.92. The van der Waals surface area contributed by atoms with Gasteiger partial charge in [0.1, 0.15) is 30.8 Å². The van der Waals surface area contributed by atoms with Gasteiger partial charge in [-0.3, -0.25) is 14.5 Å². The van der Waals surface area contributed by atoms with Crippen LogP contribution in [0.2, 0.25) is 0 Å². The van der Waals surface area contributed by atoms with Crippen molar-refractivity contribution in [1.29, 1.82) is 0 Å². The molecule has 0 amide bonds. The van der Waals surface area contributed by atoms with Crippen LogP contribution >= 0.6 is 0 Å². The van der Waals surface area contributed by atoms with Crippen LogP contribution in [-0.4, -0.2) is 60.9 Å². The molecule has 170 valence electrons. The van der Waals surface area contributed by atoms with Crippen LogP contribution in [-0.2, 0) is 23.8 Å². The minimum atomic E-state index is -0.590. The highest BCUT2D eigenvalue weighted by Crippen LogP contribution is 2.48. The third kappa shape index (κ3) is 5.29. The molecule has 1 aromatic rings. The minimum absolute atomic E-state index is 0.0322. The first-order valence-electron chi connectivity index (χ1n) is 11.9. The van der Waals surface area contributed by atoms with Crippen molar-refractivity contribution in [2.75, 3.05) is 13.7 Å². The number of fused-ring (bicyclic) bond motifs is 5. The number of unbranched alkanes of at least 4 members (excludes halogenated alkanes) is 4. The number of epoxide rings is 1. The lowest BCUT2D eigenvalue weighted by Gasteiger charge is -2.38. The van der Waals surface area contributed by atoms with E-state index >= 15 is 0 Å². The maximum atomic E-state index is 13.1. The molecule has 1 aromatic carbocycles. The molecular weight excluding hydrogens is 394 g/mol. The fourth-order valence-electron chi connectivity index (χ4n) is 5.15. The molecule has 3 fully saturated rings. The topological polar surface area (TPSA) is 68.4 Å². The summed E-state index contributed by atoms with van der Waals surface area (Å²) in [6.45, 7) is 2.20. The van der Waals surface area contributed by atoms with E-state index in [1.807, 2.05) is 30.3 Å². The number of hydrogen-bond donors (Lipinski definition) is 0. The smallest absolute Gasteiger partial charge is 0.317 e. The Bertz CT molecular complexity index is 736. The number of hydrogen-bond acceptors (Lipinski definition) is 6. The van der Waals surface area contributed by atoms with E-state index in [1.54, 1.807) is 0 Å². The van der Waals surface area contributed by atoms with Crippen molar-refractivity contribution >= 4 is 11.9 Å². The molecule has 2 bridgehead atoms. The Hall–Kier alpha value is -1.92. The van der Waals surface area contributed by atoms with E-state index in [0.29, 0.717) is 30.7 Å². The third-order valence-electron chi connectivity index (χ3n) is 7.04. The van der Waals surface area contributed by atoms with Crippen molar-refractivity contribution in [2.45, 2.75) is 94.6 Å². The molecule has 0 aromatic heterocycles. The fourth-order valence-corrected chi connectivity index (χ4v) is 5.15. The van der Waals surface area contributed by atoms with Gasteiger partial charge in [0.05, 0.1) is 0 Å². The van der Waals surface area contributed by atoms with Crippen LogP contribution in [0.1, 0.15) is 69.8 Å². The summed E-state index contributed by atoms with van der Waals surface area (Å²) < 4.78 is 17.2. The Morgan fingerprint density at radius 3 is 2.42 bits per heavy atom. The lowest BCUT2D eigenvalue weighted by atomic mass is 9.97. The van der Waals surface area contributed by atoms with Crippen LogP contribution < -0.4 is 0 Å². The largest absolute Gasteiger partial charge is 0.464 e. The molecule has 6 heteroatoms. The van der Waals surface area contributed by atoms with Gasteiger partial charge < -0.3 is 14.2 Å². The summed E-state index contributed by atoms with van der Waals surface area (Å²) >= 11 is 0. The van der Waals surface area contributed by atoms with Crippen LogP contribution in [0.25, 0.3) is 0 Å². The number of likely N-dealkylation sites (N-methyl/N-ethyl adjacent to an activating group) is 1. The summed E-state index contributed by atoms with van der Waals surface area (Å²) in [5, 5.41) is 0. The SMILES string of the molecule is CCCCCCCC(=O)OC[C@@H](C(=O)OC1C[C@@H]2[C@H]3O[C@H]3[C@H](C1)N2C)c1ccccc1. The minimum Gasteiger partial charge on any atom is -0.464 e. The second-order valence-corrected chi connectivity index (χ2v) is 9.21. The number of rotatable bonds is 11. The maximum Gasteiger partial charge on any atom is 0.317 e. The number of nitrogens with zero attached hydrogens (tertiary/aromatic N) is 1. The number of piperidine rings is 1. The molecule has 6 atom stereocenters. The molecule has 3 aliphatic rings. The van der Waals surface area contributed by atoms with Crippen molar-refractivity contribution < 1.29 is 23.8 Å². The standard InChI is InChI=1S/C25H35NO5/c1-3-4-5-6-10-13-22(27)29-16-19(17-11-8-7-9-12-17)25(28)30-18-14-20-23-24(31-23)21(15-18)26(20)2/h7-9,11-12,18-21,23-24H,3-6,10,13-16H2,1-2H3/t18?,19-,20-,21+,23-,24+/m1/s1. The van der Waals surface area contributed by atoms with Gasteiger partial charge in [0.15, 0.2) is 0 Å². The van der Waals surface area contributed by atoms with Crippen LogP contribution in [0, 0.1) is 0 Å². The quantitative estimate of drug-likeness (QED) is 0.303. The zero-order valence-electron chi connectivity index (χ0n) is 18.7. The summed E-state index contributed by atoms with van der Waals surface area (Å²) in [5.41, 5.74) is 0.824. The Balaban J connectivity index is 1.30. The molecule has 3 aliphatic heterocycles. The van der Waals surface area contributed by atoms with Crippen LogP contribution in [0.5, 0.6) is 0 Å². The van der Waals surface area contributed by atoms with Gasteiger partial charge >= 0.3 is 11.9 Å². The van der Waals surface area contributed by atoms with Crippen molar-refractivity contribution in [3.05, 3.63) is 35.9 Å². The number of ether oxygens (including phenoxy) is 3. The molecule has 31 heavy (non-hydrogen) atoms. The molecule has 3 saturated heterocycles. The first kappa shape index (κ1) is 22.3. The predicted octanol–water partition coefficient (Wildman–Crippen LogP) is 3.83. The number of carbonyl (C=O) groups is 2. The molecular formula is C25H35NO5. The molecule has 1 unspecified atom stereocenters. The van der Waals surface area contributed by atoms with Crippen molar-refractivity contribution in [3.63, 3.8) is 0 Å². The Morgan fingerprint density at radius 2 is 1.74 bits per heavy atom. The van der Waals surface area contributed by atoms with E-state index in [1.165, 1.54) is 12.8 Å². The van der Waals surface area contributed by atoms with E-state index < -0.39 is 5.92 Å². The normalized spacial score (nSPS) is 29.8. The van der Waals surface area contributed by atoms with Gasteiger partial charge in [-0.1, -0.05) is 62.9 Å². The Kier molecular flexibility index (Phi) is 7.28. The van der Waals surface area contributed by atoms with Crippen molar-refractivity contribution in [1.82, 2.24) is 4.90 Å². The van der Waals surface area contributed by atoms with Crippen LogP contribution in [0.3, 0.4) is 0 Å². The number of morpholine rings is 1. The average molecular weight is 430 g/mol. The van der Waals surface area contributed by atoms with Crippen molar-refractivity contribution in [3.8, 4) is 0 Å². The first-order valence-corrected chi connectivity index (χ1v) is 11.9. The van der Waals surface area contributed by atoms with Gasteiger partial charge in [-0.2, -0.15) is 0 Å². The van der Waals surface area contributed by atoms with E-state index in [-0.39, 0.29) is 24.6 Å². The maximum absolute atomic E-state index is 13.1. The zero-order valence-corrected chi connectivity index (χ0v) is 18.7. The lowest BCUT2D eigenvalue weighted by molar-refractivity contribution is -0.159. The second kappa shape index (κ2) is 10.1. The second-order valence-electron chi connectivity index (χ2n) is 9.21. The number of benzene rings is 1. The molecule has 0 spiro atoms. The van der Waals surface area contributed by atoms with E-state index in [4.69, 9.17) is 14.2 Å². The molecule has 0 N–H and O–H groups in total. The fraction of sp³-hybridized carbons (Fsp3) is 0.680. The predicted molar refractivity (Wildman–Crippen MR) is 117 cm³/mol. The highest BCUT2D eigenvalue weighted by molar-refractivity contribution is 5.79. The van der Waals surface area contributed by atoms with Gasteiger partial charge in [0, 0.05) is 31.3 Å². The van der Waals surface area contributed by atoms with E-state index in [9.17, 15) is 9.59 Å². The Labute approximate surface area is 185 Å². The van der Waals surface area contributed by atoms with Gasteiger partial charge in [-0.25, -0.2) is 0 Å². The first-order chi connectivity index (χ1) is 15.1. The number of esters is 2. The monoisotopic (exact) mass is 429 g/mol. The molecule has 0 aliphatic carbocycles. The molecule has 4 rings (SSSR count). The van der Waals surface area contributed by atoms with Gasteiger partial charge in [0.25, 0.3) is 0 Å². The highest BCUT2D eigenvalue weighted by atomic mass is 16.6. The average Bonchev–Trinajstić information content (AvgIpc) is 3.53. The van der Waals surface area contributed by atoms with Crippen LogP contribution in [0.4, 0.5) is 0 Å². The third-order valence-corrected chi connectivity index (χ3v) is 7.04. The number of carbonyl (C=O) groups excluding carboxylic acids is 2. The van der Waals surface area contributed by atoms with Crippen molar-refractivity contribution in [2.24, 2.45) is 0 Å². The van der Waals surface area contributed by atoms with E-state index in [0.717, 1.165) is 37.7 Å². The zero-order chi connectivity index (χ0) is 21.8. The summed E-state index contributed by atoms with van der Waals surface area (Å²) in [7, 11) is 2.14. The summed E-state index contributed by atoms with van der Waals surface area (Å²) in [4.78, 5) is 27.7. The summed E-state index contributed by atoms with van der Waals surface area (Å²) in [6, 6.07) is 10.2.